The van der Waals surface area contributed by atoms with Crippen LogP contribution in [0, 0.1) is 0 Å². The Balaban J connectivity index is 4.60. The van der Waals surface area contributed by atoms with Crippen molar-refractivity contribution >= 4 is 21.0 Å². The molecule has 0 aliphatic rings. The maximum absolute atomic E-state index is 11.8. The zero-order valence-electron chi connectivity index (χ0n) is 8.60. The Kier molecular flexibility index (Phi) is 3.93. The molecule has 0 heterocycles. The number of rotatable bonds is 4. The first kappa shape index (κ1) is 12.1. The number of nitrogens with two attached hydrogens (primary N) is 1. The Morgan fingerprint density at radius 3 is 2.00 bits per heavy atom. The zero-order valence-corrected chi connectivity index (χ0v) is 10.0. The van der Waals surface area contributed by atoms with Gasteiger partial charge >= 0.3 is 0 Å². The molecule has 0 atom stereocenters. The number of Topliss-reactive ketones (excluding diaryl/α,β-unsaturated/α-hetero) is 1. The second-order valence-electron chi connectivity index (χ2n) is 4.19. The first-order valence-corrected chi connectivity index (χ1v) is 6.33. The second-order valence-corrected chi connectivity index (χ2v) is 6.67. The number of ketones is 1. The summed E-state index contributed by atoms with van der Waals surface area (Å²) in [6.07, 6.45) is 0. The van der Waals surface area contributed by atoms with Crippen molar-refractivity contribution in [2.24, 2.45) is 5.90 Å². The van der Waals surface area contributed by atoms with Crippen molar-refractivity contribution in [1.29, 1.82) is 0 Å². The first-order chi connectivity index (χ1) is 5.28. The van der Waals surface area contributed by atoms with Crippen LogP contribution in [0.25, 0.3) is 0 Å². The molecule has 12 heavy (non-hydrogen) atoms. The molecule has 0 bridgehead atoms. The van der Waals surface area contributed by atoms with Crippen molar-refractivity contribution in [1.82, 2.24) is 0 Å². The lowest BCUT2D eigenvalue weighted by molar-refractivity contribution is -0.143. The van der Waals surface area contributed by atoms with Gasteiger partial charge in [0.1, 0.15) is 5.60 Å². The lowest BCUT2D eigenvalue weighted by Crippen LogP contribution is -2.44. The number of carbonyl (C=O) groups is 1. The Bertz CT molecular complexity index is 160. The predicted molar refractivity (Wildman–Crippen MR) is 51.4 cm³/mol. The Morgan fingerprint density at radius 1 is 1.33 bits per heavy atom. The quantitative estimate of drug-likeness (QED) is 0.525. The van der Waals surface area contributed by atoms with Gasteiger partial charge in [-0.1, -0.05) is 13.8 Å². The molecular formula is C8H18AlNO2. The van der Waals surface area contributed by atoms with Crippen molar-refractivity contribution < 1.29 is 9.63 Å². The van der Waals surface area contributed by atoms with E-state index in [1.807, 2.05) is 13.8 Å². The smallest absolute Gasteiger partial charge is 0.253 e. The van der Waals surface area contributed by atoms with Gasteiger partial charge in [-0.25, -0.2) is 5.90 Å². The van der Waals surface area contributed by atoms with Crippen molar-refractivity contribution in [3.05, 3.63) is 0 Å². The second kappa shape index (κ2) is 3.89. The number of hydrogen-bond donors (Lipinski definition) is 1. The molecule has 0 aromatic carbocycles. The van der Waals surface area contributed by atoms with Gasteiger partial charge in [-0.2, -0.15) is 0 Å². The molecule has 70 valence electrons. The fraction of sp³-hybridized carbons (Fsp3) is 0.875. The Hall–Kier alpha value is 0.122. The third-order valence-electron chi connectivity index (χ3n) is 2.34. The van der Waals surface area contributed by atoms with Crippen LogP contribution in [0.15, 0.2) is 0 Å². The standard InChI is InChI=1S/C7H14NO2.CH3.Al.H/c1-5(2)6(9)7(3,4)10-8;;;/h8H2,1-4H3;1H3;;. The molecule has 0 radical (unpaired) electrons. The van der Waals surface area contributed by atoms with Gasteiger partial charge in [-0.15, -0.1) is 5.79 Å². The van der Waals surface area contributed by atoms with E-state index < -0.39 is 5.60 Å². The van der Waals surface area contributed by atoms with Crippen molar-refractivity contribution in [2.45, 2.75) is 43.4 Å². The van der Waals surface area contributed by atoms with Gasteiger partial charge in [-0.05, 0) is 18.1 Å². The lowest BCUT2D eigenvalue weighted by Gasteiger charge is -2.30. The van der Waals surface area contributed by atoms with Crippen LogP contribution in [0.4, 0.5) is 0 Å². The van der Waals surface area contributed by atoms with E-state index in [-0.39, 0.29) is 25.3 Å². The maximum atomic E-state index is 11.8. The summed E-state index contributed by atoms with van der Waals surface area (Å²) in [5.74, 6) is 7.27. The van der Waals surface area contributed by atoms with Crippen LogP contribution in [-0.4, -0.2) is 26.6 Å². The van der Waals surface area contributed by atoms with E-state index >= 15 is 0 Å². The van der Waals surface area contributed by atoms with Gasteiger partial charge < -0.3 is 0 Å². The Morgan fingerprint density at radius 2 is 1.75 bits per heavy atom. The highest BCUT2D eigenvalue weighted by Crippen LogP contribution is 2.30. The summed E-state index contributed by atoms with van der Waals surface area (Å²) in [5, 5.41) is 0. The molecule has 2 N–H and O–H groups in total. The fourth-order valence-corrected chi connectivity index (χ4v) is 1.78. The summed E-state index contributed by atoms with van der Waals surface area (Å²) in [4.78, 5) is 16.4. The topological polar surface area (TPSA) is 52.3 Å². The van der Waals surface area contributed by atoms with Gasteiger partial charge in [0.15, 0.2) is 5.78 Å². The third-order valence-corrected chi connectivity index (χ3v) is 4.43. The molecule has 0 aromatic rings. The molecule has 4 heteroatoms. The van der Waals surface area contributed by atoms with Crippen molar-refractivity contribution in [3.8, 4) is 0 Å². The minimum absolute atomic E-state index is 0.103. The van der Waals surface area contributed by atoms with Crippen LogP contribution in [0.3, 0.4) is 0 Å². The monoisotopic (exact) mass is 187 g/mol. The number of carbonyl (C=O) groups excluding carboxylic acids is 1. The van der Waals surface area contributed by atoms with Crippen LogP contribution < -0.4 is 5.90 Å². The summed E-state index contributed by atoms with van der Waals surface area (Å²) < 4.78 is -0.219. The van der Waals surface area contributed by atoms with Crippen LogP contribution in [-0.2, 0) is 9.63 Å². The Labute approximate surface area is 80.3 Å². The van der Waals surface area contributed by atoms with Gasteiger partial charge in [-0.3, -0.25) is 9.63 Å². The zero-order chi connectivity index (χ0) is 9.99. The molecule has 3 nitrogen and oxygen atoms in total. The molecule has 0 fully saturated rings. The summed E-state index contributed by atoms with van der Waals surface area (Å²) in [6.45, 7) is 7.34. The maximum Gasteiger partial charge on any atom is 0.253 e. The molecule has 0 saturated heterocycles. The van der Waals surface area contributed by atoms with E-state index in [0.29, 0.717) is 0 Å². The SMILES string of the molecule is [CH3][AlH][C](C)(C)C(=O)C(C)(C)ON. The molecule has 0 aromatic heterocycles. The minimum Gasteiger partial charge on any atom is -0.297 e. The van der Waals surface area contributed by atoms with Crippen LogP contribution in [0.5, 0.6) is 0 Å². The molecule has 0 aliphatic heterocycles. The van der Waals surface area contributed by atoms with Crippen LogP contribution in [0.2, 0.25) is 10.1 Å². The van der Waals surface area contributed by atoms with E-state index in [4.69, 9.17) is 5.90 Å². The molecule has 0 aliphatic carbocycles. The number of hydrogen-bond acceptors (Lipinski definition) is 3. The molecule has 0 rings (SSSR count). The molecule has 0 unspecified atom stereocenters. The highest BCUT2D eigenvalue weighted by Gasteiger charge is 2.38. The van der Waals surface area contributed by atoms with Gasteiger partial charge in [0, 0.05) is 0 Å². The van der Waals surface area contributed by atoms with E-state index in [1.54, 1.807) is 13.8 Å². The summed E-state index contributed by atoms with van der Waals surface area (Å²) in [7, 11) is 0. The molecule has 0 saturated carbocycles. The van der Waals surface area contributed by atoms with Crippen molar-refractivity contribution in [2.75, 3.05) is 0 Å². The fourth-order valence-electron chi connectivity index (χ4n) is 1.03. The predicted octanol–water partition coefficient (Wildman–Crippen LogP) is 0.907. The molecular weight excluding hydrogens is 169 g/mol. The van der Waals surface area contributed by atoms with E-state index in [9.17, 15) is 4.79 Å². The van der Waals surface area contributed by atoms with Crippen molar-refractivity contribution in [3.63, 3.8) is 0 Å². The minimum atomic E-state index is -0.841. The average molecular weight is 187 g/mol. The van der Waals surface area contributed by atoms with Gasteiger partial charge in [0.2, 0.25) is 0 Å². The third kappa shape index (κ3) is 2.56. The van der Waals surface area contributed by atoms with Gasteiger partial charge in [0.05, 0.1) is 0 Å². The first-order valence-electron chi connectivity index (χ1n) is 4.20. The largest absolute Gasteiger partial charge is 0.297 e. The lowest BCUT2D eigenvalue weighted by atomic mass is 9.93. The normalized spacial score (nSPS) is 12.8. The van der Waals surface area contributed by atoms with Crippen LogP contribution >= 0.6 is 0 Å². The molecule has 0 amide bonds. The average Bonchev–Trinajstić information content (AvgIpc) is 2.03. The van der Waals surface area contributed by atoms with Gasteiger partial charge in [0.25, 0.3) is 15.2 Å². The van der Waals surface area contributed by atoms with E-state index in [0.717, 1.165) is 0 Å². The summed E-state index contributed by atoms with van der Waals surface area (Å²) >= 11 is -0.380. The highest BCUT2D eigenvalue weighted by atomic mass is 27.1. The van der Waals surface area contributed by atoms with E-state index in [2.05, 4.69) is 10.6 Å². The van der Waals surface area contributed by atoms with Crippen LogP contribution in [0.1, 0.15) is 27.7 Å². The summed E-state index contributed by atoms with van der Waals surface area (Å²) in [5.41, 5.74) is -0.841. The molecule has 0 spiro atoms. The van der Waals surface area contributed by atoms with E-state index in [1.165, 1.54) is 0 Å². The summed E-state index contributed by atoms with van der Waals surface area (Å²) in [6, 6.07) is 0. The highest BCUT2D eigenvalue weighted by molar-refractivity contribution is 6.46.